The van der Waals surface area contributed by atoms with Crippen LogP contribution in [0.2, 0.25) is 0 Å². The molecule has 392 valence electrons. The zero-order chi connectivity index (χ0) is 49.9. The minimum absolute atomic E-state index is 0.110. The van der Waals surface area contributed by atoms with Gasteiger partial charge in [-0.2, -0.15) is 0 Å². The second-order valence-electron chi connectivity index (χ2n) is 19.0. The number of aliphatic hydroxyl groups excluding tert-OH is 2. The molecule has 0 aliphatic rings. The first-order valence-corrected chi connectivity index (χ1v) is 28.9. The van der Waals surface area contributed by atoms with Crippen LogP contribution in [0.3, 0.4) is 0 Å². The number of amides is 1. The van der Waals surface area contributed by atoms with Gasteiger partial charge in [0.25, 0.3) is 0 Å². The van der Waals surface area contributed by atoms with Gasteiger partial charge in [0.05, 0.1) is 18.8 Å². The van der Waals surface area contributed by atoms with Crippen molar-refractivity contribution in [3.63, 3.8) is 0 Å². The van der Waals surface area contributed by atoms with Crippen LogP contribution in [0.1, 0.15) is 251 Å². The van der Waals surface area contributed by atoms with Crippen LogP contribution in [0.15, 0.2) is 134 Å². The average Bonchev–Trinajstić information content (AvgIpc) is 3.35. The Morgan fingerprint density at radius 1 is 0.362 bits per heavy atom. The van der Waals surface area contributed by atoms with Crippen LogP contribution in [0.5, 0.6) is 0 Å². The van der Waals surface area contributed by atoms with Gasteiger partial charge in [-0.1, -0.05) is 282 Å². The van der Waals surface area contributed by atoms with E-state index in [1.165, 1.54) is 135 Å². The largest absolute Gasteiger partial charge is 0.394 e. The van der Waals surface area contributed by atoms with Gasteiger partial charge in [0, 0.05) is 6.42 Å². The molecule has 0 rings (SSSR count). The zero-order valence-electron chi connectivity index (χ0n) is 45.0. The van der Waals surface area contributed by atoms with Crippen LogP contribution in [0, 0.1) is 0 Å². The van der Waals surface area contributed by atoms with E-state index in [2.05, 4.69) is 141 Å². The van der Waals surface area contributed by atoms with Crippen molar-refractivity contribution >= 4 is 5.91 Å². The fourth-order valence-electron chi connectivity index (χ4n) is 8.03. The number of carbonyl (C=O) groups is 1. The predicted octanol–water partition coefficient (Wildman–Crippen LogP) is 19.4. The van der Waals surface area contributed by atoms with Crippen LogP contribution in [-0.2, 0) is 4.79 Å². The first kappa shape index (κ1) is 65.5. The van der Waals surface area contributed by atoms with Gasteiger partial charge in [-0.3, -0.25) is 4.79 Å². The highest BCUT2D eigenvalue weighted by atomic mass is 16.3. The Hall–Kier alpha value is -3.47. The smallest absolute Gasteiger partial charge is 0.220 e. The van der Waals surface area contributed by atoms with Crippen molar-refractivity contribution in [2.45, 2.75) is 264 Å². The molecule has 0 spiro atoms. The quantitative estimate of drug-likeness (QED) is 0.0420. The third-order valence-corrected chi connectivity index (χ3v) is 12.4. The summed E-state index contributed by atoms with van der Waals surface area (Å²) in [5, 5.41) is 23.2. The van der Waals surface area contributed by atoms with Crippen LogP contribution < -0.4 is 5.32 Å². The molecule has 0 bridgehead atoms. The molecular formula is C65H109NO3. The average molecular weight is 953 g/mol. The second kappa shape index (κ2) is 58.8. The number of hydrogen-bond acceptors (Lipinski definition) is 3. The molecule has 0 aromatic carbocycles. The van der Waals surface area contributed by atoms with Gasteiger partial charge in [0.1, 0.15) is 0 Å². The van der Waals surface area contributed by atoms with Gasteiger partial charge in [-0.25, -0.2) is 0 Å². The van der Waals surface area contributed by atoms with E-state index in [0.717, 1.165) is 96.3 Å². The topological polar surface area (TPSA) is 69.6 Å². The van der Waals surface area contributed by atoms with Crippen LogP contribution in [0.25, 0.3) is 0 Å². The van der Waals surface area contributed by atoms with E-state index in [9.17, 15) is 15.0 Å². The van der Waals surface area contributed by atoms with E-state index >= 15 is 0 Å². The first-order chi connectivity index (χ1) is 34.2. The maximum absolute atomic E-state index is 12.5. The van der Waals surface area contributed by atoms with Crippen LogP contribution >= 0.6 is 0 Å². The van der Waals surface area contributed by atoms with Crippen molar-refractivity contribution in [1.82, 2.24) is 5.32 Å². The highest BCUT2D eigenvalue weighted by Gasteiger charge is 2.17. The maximum Gasteiger partial charge on any atom is 0.220 e. The fraction of sp³-hybridized carbons (Fsp3) is 0.646. The van der Waals surface area contributed by atoms with Crippen molar-refractivity contribution < 1.29 is 15.0 Å². The molecule has 3 N–H and O–H groups in total. The van der Waals surface area contributed by atoms with Gasteiger partial charge in [-0.05, 0) is 96.3 Å². The summed E-state index contributed by atoms with van der Waals surface area (Å²) in [7, 11) is 0. The van der Waals surface area contributed by atoms with Gasteiger partial charge in [0.15, 0.2) is 0 Å². The monoisotopic (exact) mass is 952 g/mol. The van der Waals surface area contributed by atoms with Crippen molar-refractivity contribution in [1.29, 1.82) is 0 Å². The van der Waals surface area contributed by atoms with Gasteiger partial charge >= 0.3 is 0 Å². The molecule has 0 aromatic rings. The first-order valence-electron chi connectivity index (χ1n) is 28.9. The molecule has 0 fully saturated rings. The zero-order valence-corrected chi connectivity index (χ0v) is 45.0. The summed E-state index contributed by atoms with van der Waals surface area (Å²) in [5.41, 5.74) is 0. The predicted molar refractivity (Wildman–Crippen MR) is 308 cm³/mol. The van der Waals surface area contributed by atoms with Crippen LogP contribution in [0.4, 0.5) is 0 Å². The molecule has 0 aromatic heterocycles. The van der Waals surface area contributed by atoms with E-state index in [1.807, 2.05) is 6.08 Å². The molecule has 4 nitrogen and oxygen atoms in total. The number of unbranched alkanes of at least 4 members (excludes halogenated alkanes) is 24. The molecule has 0 radical (unpaired) electrons. The molecule has 0 heterocycles. The Labute approximate surface area is 428 Å². The van der Waals surface area contributed by atoms with Crippen molar-refractivity contribution in [3.8, 4) is 0 Å². The lowest BCUT2D eigenvalue weighted by Crippen LogP contribution is -2.45. The highest BCUT2D eigenvalue weighted by Crippen LogP contribution is 2.16. The standard InChI is InChI=1S/C65H109NO3/c1-3-5-7-9-11-13-15-17-19-21-23-25-27-29-30-31-32-33-34-35-36-37-39-41-43-45-47-49-51-53-55-57-59-61-65(69)66-63(62-67)64(68)60-58-56-54-52-50-48-46-44-42-40-38-28-26-24-22-20-18-16-14-12-10-8-6-4-2/h5,7,11,13,17,19,23,25,29-30,32-33,35-36,39,41,45,47,51,53,58,60,63-64,67-68H,3-4,6,8-10,12,14-16,18,20-22,24,26-28,31,34,37-38,40,42-44,46,48-50,52,54-57,59,61-62H2,1-2H3,(H,66,69)/b7-5-,13-11-,19-17-,25-23-,30-29-,33-32-,36-35-,41-39-,47-45-,53-51-,60-58+. The summed E-state index contributed by atoms with van der Waals surface area (Å²) in [6.45, 7) is 4.18. The maximum atomic E-state index is 12.5. The Bertz CT molecular complexity index is 1400. The fourth-order valence-corrected chi connectivity index (χ4v) is 8.03. The second-order valence-corrected chi connectivity index (χ2v) is 19.0. The van der Waals surface area contributed by atoms with E-state index in [-0.39, 0.29) is 12.5 Å². The van der Waals surface area contributed by atoms with Gasteiger partial charge in [-0.15, -0.1) is 0 Å². The summed E-state index contributed by atoms with van der Waals surface area (Å²) >= 11 is 0. The highest BCUT2D eigenvalue weighted by molar-refractivity contribution is 5.76. The molecule has 0 aliphatic heterocycles. The molecule has 2 unspecified atom stereocenters. The van der Waals surface area contributed by atoms with E-state index in [0.29, 0.717) is 6.42 Å². The Morgan fingerprint density at radius 2 is 0.638 bits per heavy atom. The lowest BCUT2D eigenvalue weighted by atomic mass is 10.0. The van der Waals surface area contributed by atoms with E-state index < -0.39 is 12.1 Å². The molecular weight excluding hydrogens is 843 g/mol. The number of nitrogens with one attached hydrogen (secondary N) is 1. The summed E-state index contributed by atoms with van der Waals surface area (Å²) in [6.07, 6.45) is 91.8. The summed E-state index contributed by atoms with van der Waals surface area (Å²) in [6, 6.07) is -0.657. The summed E-state index contributed by atoms with van der Waals surface area (Å²) in [4.78, 5) is 12.5. The third-order valence-electron chi connectivity index (χ3n) is 12.4. The number of aliphatic hydroxyl groups is 2. The molecule has 0 saturated heterocycles. The van der Waals surface area contributed by atoms with Crippen molar-refractivity contribution in [2.75, 3.05) is 6.61 Å². The van der Waals surface area contributed by atoms with Crippen LogP contribution in [-0.4, -0.2) is 34.9 Å². The molecule has 4 heteroatoms. The lowest BCUT2D eigenvalue weighted by molar-refractivity contribution is -0.123. The molecule has 0 saturated carbocycles. The normalized spacial score (nSPS) is 13.9. The molecule has 2 atom stereocenters. The Morgan fingerprint density at radius 3 is 0.957 bits per heavy atom. The number of allylic oxidation sites excluding steroid dienone is 21. The lowest BCUT2D eigenvalue weighted by Gasteiger charge is -2.19. The SMILES string of the molecule is CC/C=C\C/C=C\C/C=C\C/C=C\C/C=C\C/C=C\C/C=C\C/C=C\C/C=C\C/C=C\CCCCC(=O)NC(CO)C(O)/C=C/CCCCCCCCCCCCCCCCCCCCCCCC. The molecule has 69 heavy (non-hydrogen) atoms. The minimum atomic E-state index is -0.869. The summed E-state index contributed by atoms with van der Waals surface area (Å²) in [5.74, 6) is -0.110. The number of rotatable bonds is 51. The Balaban J connectivity index is 3.69. The molecule has 1 amide bonds. The van der Waals surface area contributed by atoms with E-state index in [4.69, 9.17) is 0 Å². The summed E-state index contributed by atoms with van der Waals surface area (Å²) < 4.78 is 0. The molecule has 0 aliphatic carbocycles. The van der Waals surface area contributed by atoms with Gasteiger partial charge < -0.3 is 15.5 Å². The number of hydrogen-bond donors (Lipinski definition) is 3. The van der Waals surface area contributed by atoms with Crippen molar-refractivity contribution in [2.24, 2.45) is 0 Å². The Kier molecular flexibility index (Phi) is 55.9. The van der Waals surface area contributed by atoms with Gasteiger partial charge in [0.2, 0.25) is 5.91 Å². The van der Waals surface area contributed by atoms with Crippen molar-refractivity contribution in [3.05, 3.63) is 134 Å². The third kappa shape index (κ3) is 55.3. The minimum Gasteiger partial charge on any atom is -0.394 e. The van der Waals surface area contributed by atoms with E-state index in [1.54, 1.807) is 6.08 Å². The number of carbonyl (C=O) groups excluding carboxylic acids is 1.